The van der Waals surface area contributed by atoms with Crippen molar-refractivity contribution in [3.8, 4) is 5.75 Å². The summed E-state index contributed by atoms with van der Waals surface area (Å²) in [6, 6.07) is 14.0. The van der Waals surface area contributed by atoms with Gasteiger partial charge in [-0.1, -0.05) is 51.1 Å². The zero-order chi connectivity index (χ0) is 21.9. The molecule has 1 aliphatic heterocycles. The standard InChI is InChI=1S/C26H25NO4/c1-26(2,3)18-9-11-20(12-10-18)31-25(30)17-5-4-6-19(14-17)27-23(28)21-15-7-8-16(13-15)22(21)24(27)29/h4-12,14-16,21-22H,13H2,1-3H3/t15-,16-,21+,22+/m0/s1. The maximum atomic E-state index is 13.0. The van der Waals surface area contributed by atoms with Crippen LogP contribution < -0.4 is 9.64 Å². The molecule has 158 valence electrons. The quantitative estimate of drug-likeness (QED) is 0.320. The lowest BCUT2D eigenvalue weighted by atomic mass is 9.85. The number of carbonyl (C=O) groups is 3. The molecular weight excluding hydrogens is 390 g/mol. The van der Waals surface area contributed by atoms with Gasteiger partial charge in [-0.05, 0) is 59.6 Å². The van der Waals surface area contributed by atoms with Crippen LogP contribution >= 0.6 is 0 Å². The second kappa shape index (κ2) is 6.91. The minimum atomic E-state index is -0.522. The number of anilines is 1. The Kier molecular flexibility index (Phi) is 4.40. The molecule has 1 saturated carbocycles. The fourth-order valence-electron chi connectivity index (χ4n) is 5.12. The zero-order valence-corrected chi connectivity index (χ0v) is 17.9. The normalized spacial score (nSPS) is 26.5. The highest BCUT2D eigenvalue weighted by Gasteiger charge is 2.59. The van der Waals surface area contributed by atoms with E-state index in [0.29, 0.717) is 17.0 Å². The van der Waals surface area contributed by atoms with Crippen LogP contribution in [0, 0.1) is 23.7 Å². The number of benzene rings is 2. The van der Waals surface area contributed by atoms with Crippen LogP contribution in [0.25, 0.3) is 0 Å². The monoisotopic (exact) mass is 415 g/mol. The molecule has 5 nitrogen and oxygen atoms in total. The average molecular weight is 415 g/mol. The van der Waals surface area contributed by atoms with Crippen LogP contribution in [0.1, 0.15) is 43.1 Å². The molecule has 5 heteroatoms. The molecule has 31 heavy (non-hydrogen) atoms. The zero-order valence-electron chi connectivity index (χ0n) is 17.9. The molecule has 5 rings (SSSR count). The van der Waals surface area contributed by atoms with Crippen molar-refractivity contribution in [2.75, 3.05) is 4.90 Å². The third-order valence-corrected chi connectivity index (χ3v) is 6.74. The van der Waals surface area contributed by atoms with E-state index < -0.39 is 5.97 Å². The Balaban J connectivity index is 1.35. The summed E-state index contributed by atoms with van der Waals surface area (Å²) in [5.74, 6) is -0.606. The van der Waals surface area contributed by atoms with Gasteiger partial charge in [0.15, 0.2) is 0 Å². The van der Waals surface area contributed by atoms with E-state index in [0.717, 1.165) is 12.0 Å². The Morgan fingerprint density at radius 3 is 2.13 bits per heavy atom. The van der Waals surface area contributed by atoms with Crippen molar-refractivity contribution in [2.24, 2.45) is 23.7 Å². The molecule has 2 aromatic carbocycles. The van der Waals surface area contributed by atoms with Gasteiger partial charge in [-0.15, -0.1) is 0 Å². The number of rotatable bonds is 3. The number of ether oxygens (including phenoxy) is 1. The van der Waals surface area contributed by atoms with Gasteiger partial charge in [-0.3, -0.25) is 9.59 Å². The summed E-state index contributed by atoms with van der Waals surface area (Å²) in [7, 11) is 0. The van der Waals surface area contributed by atoms with Crippen LogP contribution in [0.15, 0.2) is 60.7 Å². The first-order valence-corrected chi connectivity index (χ1v) is 10.7. The number of esters is 1. The predicted octanol–water partition coefficient (Wildman–Crippen LogP) is 4.51. The van der Waals surface area contributed by atoms with E-state index in [4.69, 9.17) is 4.74 Å². The van der Waals surface area contributed by atoms with E-state index in [9.17, 15) is 14.4 Å². The summed E-state index contributed by atoms with van der Waals surface area (Å²) in [5.41, 5.74) is 1.89. The molecule has 1 saturated heterocycles. The summed E-state index contributed by atoms with van der Waals surface area (Å²) in [6.45, 7) is 6.36. The van der Waals surface area contributed by atoms with Crippen LogP contribution in [0.5, 0.6) is 5.75 Å². The van der Waals surface area contributed by atoms with Gasteiger partial charge < -0.3 is 4.74 Å². The van der Waals surface area contributed by atoms with Gasteiger partial charge in [0.25, 0.3) is 0 Å². The maximum absolute atomic E-state index is 13.0. The van der Waals surface area contributed by atoms with Gasteiger partial charge in [-0.2, -0.15) is 0 Å². The minimum Gasteiger partial charge on any atom is -0.423 e. The van der Waals surface area contributed by atoms with Crippen LogP contribution in [0.4, 0.5) is 5.69 Å². The molecule has 1 heterocycles. The number of imide groups is 1. The molecule has 0 N–H and O–H groups in total. The van der Waals surface area contributed by atoms with E-state index in [1.54, 1.807) is 36.4 Å². The van der Waals surface area contributed by atoms with Crippen molar-refractivity contribution in [3.63, 3.8) is 0 Å². The topological polar surface area (TPSA) is 63.7 Å². The molecule has 0 spiro atoms. The SMILES string of the molecule is CC(C)(C)c1ccc(OC(=O)c2cccc(N3C(=O)[C@H]4[C@H](C3=O)[C@H]3C=C[C@H]4C3)c2)cc1. The van der Waals surface area contributed by atoms with E-state index >= 15 is 0 Å². The second-order valence-electron chi connectivity index (χ2n) is 9.73. The summed E-state index contributed by atoms with van der Waals surface area (Å²) >= 11 is 0. The van der Waals surface area contributed by atoms with Crippen LogP contribution in [-0.4, -0.2) is 17.8 Å². The van der Waals surface area contributed by atoms with Gasteiger partial charge in [0.1, 0.15) is 5.75 Å². The van der Waals surface area contributed by atoms with Crippen LogP contribution in [0.2, 0.25) is 0 Å². The highest BCUT2D eigenvalue weighted by atomic mass is 16.5. The third-order valence-electron chi connectivity index (χ3n) is 6.74. The summed E-state index contributed by atoms with van der Waals surface area (Å²) in [6.07, 6.45) is 5.03. The summed E-state index contributed by atoms with van der Waals surface area (Å²) in [5, 5.41) is 0. The molecule has 0 unspecified atom stereocenters. The lowest BCUT2D eigenvalue weighted by molar-refractivity contribution is -0.123. The predicted molar refractivity (Wildman–Crippen MR) is 117 cm³/mol. The van der Waals surface area contributed by atoms with Crippen molar-refractivity contribution in [2.45, 2.75) is 32.6 Å². The van der Waals surface area contributed by atoms with E-state index in [2.05, 4.69) is 32.9 Å². The van der Waals surface area contributed by atoms with Crippen molar-refractivity contribution in [1.82, 2.24) is 0 Å². The van der Waals surface area contributed by atoms with Gasteiger partial charge in [0, 0.05) is 0 Å². The maximum Gasteiger partial charge on any atom is 0.343 e. The number of amides is 2. The fraction of sp³-hybridized carbons (Fsp3) is 0.346. The second-order valence-corrected chi connectivity index (χ2v) is 9.73. The highest BCUT2D eigenvalue weighted by Crippen LogP contribution is 2.53. The number of allylic oxidation sites excluding steroid dienone is 2. The molecule has 2 bridgehead atoms. The summed E-state index contributed by atoms with van der Waals surface area (Å²) < 4.78 is 5.52. The molecule has 0 aromatic heterocycles. The van der Waals surface area contributed by atoms with Crippen LogP contribution in [0.3, 0.4) is 0 Å². The number of fused-ring (bicyclic) bond motifs is 5. The van der Waals surface area contributed by atoms with Crippen molar-refractivity contribution in [3.05, 3.63) is 71.8 Å². The molecule has 4 atom stereocenters. The number of carbonyl (C=O) groups excluding carboxylic acids is 3. The Hall–Kier alpha value is -3.21. The molecule has 2 fully saturated rings. The molecule has 2 aliphatic carbocycles. The van der Waals surface area contributed by atoms with Gasteiger partial charge in [-0.25, -0.2) is 9.69 Å². The number of nitrogens with zero attached hydrogens (tertiary/aromatic N) is 1. The van der Waals surface area contributed by atoms with E-state index in [1.807, 2.05) is 12.1 Å². The minimum absolute atomic E-state index is 0.0129. The third kappa shape index (κ3) is 3.19. The molecule has 3 aliphatic rings. The fourth-order valence-corrected chi connectivity index (χ4v) is 5.12. The Morgan fingerprint density at radius 1 is 0.935 bits per heavy atom. The Morgan fingerprint density at radius 2 is 1.55 bits per heavy atom. The molecule has 2 amide bonds. The molecule has 0 radical (unpaired) electrons. The first-order chi connectivity index (χ1) is 14.7. The van der Waals surface area contributed by atoms with Gasteiger partial charge >= 0.3 is 5.97 Å². The molecule has 2 aromatic rings. The van der Waals surface area contributed by atoms with Crippen LogP contribution in [-0.2, 0) is 15.0 Å². The number of hydrogen-bond acceptors (Lipinski definition) is 4. The van der Waals surface area contributed by atoms with Crippen molar-refractivity contribution < 1.29 is 19.1 Å². The average Bonchev–Trinajstić information content (AvgIpc) is 3.41. The first kappa shape index (κ1) is 19.7. The van der Waals surface area contributed by atoms with E-state index in [1.165, 1.54) is 4.90 Å². The number of hydrogen-bond donors (Lipinski definition) is 0. The van der Waals surface area contributed by atoms with Crippen molar-refractivity contribution in [1.29, 1.82) is 0 Å². The van der Waals surface area contributed by atoms with E-state index in [-0.39, 0.29) is 40.9 Å². The van der Waals surface area contributed by atoms with Gasteiger partial charge in [0.05, 0.1) is 23.1 Å². The smallest absolute Gasteiger partial charge is 0.343 e. The Labute approximate surface area is 181 Å². The summed E-state index contributed by atoms with van der Waals surface area (Å²) in [4.78, 5) is 40.0. The highest BCUT2D eigenvalue weighted by molar-refractivity contribution is 6.23. The first-order valence-electron chi connectivity index (χ1n) is 10.7. The largest absolute Gasteiger partial charge is 0.423 e. The lowest BCUT2D eigenvalue weighted by Crippen LogP contribution is -2.33. The Bertz CT molecular complexity index is 1080. The lowest BCUT2D eigenvalue weighted by Gasteiger charge is -2.19. The van der Waals surface area contributed by atoms with Crippen molar-refractivity contribution >= 4 is 23.5 Å². The van der Waals surface area contributed by atoms with Gasteiger partial charge in [0.2, 0.25) is 11.8 Å². The molecular formula is C26H25NO4.